The average Bonchev–Trinajstić information content (AvgIpc) is 2.80. The molecule has 0 aromatic heterocycles. The van der Waals surface area contributed by atoms with Crippen LogP contribution in [0.2, 0.25) is 0 Å². The molecule has 0 aliphatic rings. The van der Waals surface area contributed by atoms with E-state index in [1.807, 2.05) is 30.3 Å². The molecule has 2 N–H and O–H groups in total. The molecule has 172 valence electrons. The molecule has 0 heterocycles. The van der Waals surface area contributed by atoms with Gasteiger partial charge in [-0.1, -0.05) is 6.07 Å². The molecule has 0 bridgehead atoms. The molecule has 0 unspecified atom stereocenters. The van der Waals surface area contributed by atoms with Gasteiger partial charge in [0.05, 0.1) is 47.8 Å². The third-order valence-electron chi connectivity index (χ3n) is 5.25. The van der Waals surface area contributed by atoms with Gasteiger partial charge in [0.15, 0.2) is 23.0 Å². The fraction of sp³-hybridized carbons (Fsp3) is 0.500. The Hall–Kier alpha value is -2.64. The van der Waals surface area contributed by atoms with Crippen molar-refractivity contribution >= 4 is 0 Å². The van der Waals surface area contributed by atoms with Crippen LogP contribution in [0.1, 0.15) is 30.4 Å². The standard InChI is InChI=1S/C24H34O7/c1-27-20-11-8-16(12-21(20)28-2)6-9-18(25)15-19(26)10-7-17-13-22(29-3)24(31-5)23(14-17)30-4/h8,11-14,18-19,25-26H,6-7,9-10,15H2,1-5H3/t18-,19-/m0/s1. The molecule has 0 saturated heterocycles. The van der Waals surface area contributed by atoms with Crippen LogP contribution in [0.25, 0.3) is 0 Å². The van der Waals surface area contributed by atoms with Crippen LogP contribution in [0.15, 0.2) is 30.3 Å². The minimum absolute atomic E-state index is 0.317. The Morgan fingerprint density at radius 2 is 1.10 bits per heavy atom. The third-order valence-corrected chi connectivity index (χ3v) is 5.25. The van der Waals surface area contributed by atoms with Crippen molar-refractivity contribution in [3.8, 4) is 28.7 Å². The van der Waals surface area contributed by atoms with E-state index in [0.717, 1.165) is 11.1 Å². The van der Waals surface area contributed by atoms with E-state index in [4.69, 9.17) is 23.7 Å². The van der Waals surface area contributed by atoms with Crippen LogP contribution in [0, 0.1) is 0 Å². The molecule has 7 nitrogen and oxygen atoms in total. The molecule has 0 radical (unpaired) electrons. The minimum Gasteiger partial charge on any atom is -0.493 e. The number of rotatable bonds is 13. The van der Waals surface area contributed by atoms with E-state index < -0.39 is 12.2 Å². The van der Waals surface area contributed by atoms with Crippen LogP contribution in [0.4, 0.5) is 0 Å². The summed E-state index contributed by atoms with van der Waals surface area (Å²) in [6.45, 7) is 0. The van der Waals surface area contributed by atoms with Crippen molar-refractivity contribution in [2.45, 2.75) is 44.3 Å². The van der Waals surface area contributed by atoms with Gasteiger partial charge in [-0.05, 0) is 67.5 Å². The lowest BCUT2D eigenvalue weighted by atomic mass is 9.98. The van der Waals surface area contributed by atoms with E-state index in [-0.39, 0.29) is 0 Å². The molecule has 2 atom stereocenters. The lowest BCUT2D eigenvalue weighted by molar-refractivity contribution is 0.0714. The van der Waals surface area contributed by atoms with Gasteiger partial charge in [0.2, 0.25) is 5.75 Å². The molecular formula is C24H34O7. The monoisotopic (exact) mass is 434 g/mol. The molecule has 0 spiro atoms. The van der Waals surface area contributed by atoms with Crippen LogP contribution in [-0.2, 0) is 12.8 Å². The van der Waals surface area contributed by atoms with Crippen molar-refractivity contribution in [1.82, 2.24) is 0 Å². The zero-order valence-corrected chi connectivity index (χ0v) is 19.0. The Morgan fingerprint density at radius 1 is 0.613 bits per heavy atom. The highest BCUT2D eigenvalue weighted by molar-refractivity contribution is 5.53. The second kappa shape index (κ2) is 12.3. The van der Waals surface area contributed by atoms with Crippen LogP contribution >= 0.6 is 0 Å². The normalized spacial score (nSPS) is 12.7. The van der Waals surface area contributed by atoms with Gasteiger partial charge in [0.25, 0.3) is 0 Å². The fourth-order valence-corrected chi connectivity index (χ4v) is 3.53. The summed E-state index contributed by atoms with van der Waals surface area (Å²) in [5.41, 5.74) is 2.01. The smallest absolute Gasteiger partial charge is 0.203 e. The first-order chi connectivity index (χ1) is 14.9. The van der Waals surface area contributed by atoms with Crippen molar-refractivity contribution in [3.05, 3.63) is 41.5 Å². The number of methoxy groups -OCH3 is 5. The number of ether oxygens (including phenoxy) is 5. The van der Waals surface area contributed by atoms with E-state index in [1.165, 1.54) is 0 Å². The summed E-state index contributed by atoms with van der Waals surface area (Å²) in [4.78, 5) is 0. The number of benzene rings is 2. The van der Waals surface area contributed by atoms with Gasteiger partial charge in [-0.15, -0.1) is 0 Å². The highest BCUT2D eigenvalue weighted by Gasteiger charge is 2.16. The maximum atomic E-state index is 10.4. The first-order valence-corrected chi connectivity index (χ1v) is 10.3. The van der Waals surface area contributed by atoms with Crippen molar-refractivity contribution in [2.75, 3.05) is 35.5 Å². The zero-order chi connectivity index (χ0) is 22.8. The van der Waals surface area contributed by atoms with Crippen LogP contribution in [-0.4, -0.2) is 58.0 Å². The first-order valence-electron chi connectivity index (χ1n) is 10.3. The van der Waals surface area contributed by atoms with Gasteiger partial charge in [0, 0.05) is 0 Å². The summed E-state index contributed by atoms with van der Waals surface area (Å²) >= 11 is 0. The minimum atomic E-state index is -0.612. The zero-order valence-electron chi connectivity index (χ0n) is 19.0. The maximum absolute atomic E-state index is 10.4. The SMILES string of the molecule is COc1ccc(CC[C@H](O)C[C@@H](O)CCc2cc(OC)c(OC)c(OC)c2)cc1OC. The molecule has 0 aliphatic heterocycles. The molecule has 2 aromatic rings. The van der Waals surface area contributed by atoms with Gasteiger partial charge in [-0.25, -0.2) is 0 Å². The largest absolute Gasteiger partial charge is 0.493 e. The fourth-order valence-electron chi connectivity index (χ4n) is 3.53. The molecule has 0 aliphatic carbocycles. The quantitative estimate of drug-likeness (QED) is 0.500. The Labute approximate surface area is 184 Å². The van der Waals surface area contributed by atoms with E-state index in [1.54, 1.807) is 35.5 Å². The van der Waals surface area contributed by atoms with Gasteiger partial charge < -0.3 is 33.9 Å². The highest BCUT2D eigenvalue weighted by Crippen LogP contribution is 2.38. The summed E-state index contributed by atoms with van der Waals surface area (Å²) in [7, 11) is 7.91. The van der Waals surface area contributed by atoms with Gasteiger partial charge in [0.1, 0.15) is 0 Å². The van der Waals surface area contributed by atoms with Crippen molar-refractivity contribution in [3.63, 3.8) is 0 Å². The number of aliphatic hydroxyl groups is 2. The molecule has 0 saturated carbocycles. The second-order valence-electron chi connectivity index (χ2n) is 7.34. The second-order valence-corrected chi connectivity index (χ2v) is 7.34. The van der Waals surface area contributed by atoms with E-state index >= 15 is 0 Å². The van der Waals surface area contributed by atoms with Crippen molar-refractivity contribution in [2.24, 2.45) is 0 Å². The highest BCUT2D eigenvalue weighted by atomic mass is 16.5. The Balaban J connectivity index is 1.86. The third kappa shape index (κ3) is 6.94. The first kappa shape index (κ1) is 24.6. The number of aliphatic hydroxyl groups excluding tert-OH is 2. The average molecular weight is 435 g/mol. The molecule has 7 heteroatoms. The van der Waals surface area contributed by atoms with Crippen LogP contribution in [0.3, 0.4) is 0 Å². The van der Waals surface area contributed by atoms with Crippen molar-refractivity contribution in [1.29, 1.82) is 0 Å². The molecule has 2 rings (SSSR count). The number of aryl methyl sites for hydroxylation is 2. The van der Waals surface area contributed by atoms with E-state index in [0.29, 0.717) is 60.9 Å². The molecule has 2 aromatic carbocycles. The predicted molar refractivity (Wildman–Crippen MR) is 119 cm³/mol. The summed E-state index contributed by atoms with van der Waals surface area (Å²) < 4.78 is 26.6. The van der Waals surface area contributed by atoms with Crippen molar-refractivity contribution < 1.29 is 33.9 Å². The number of hydrogen-bond acceptors (Lipinski definition) is 7. The van der Waals surface area contributed by atoms with Gasteiger partial charge >= 0.3 is 0 Å². The maximum Gasteiger partial charge on any atom is 0.203 e. The Bertz CT molecular complexity index is 797. The summed E-state index contributed by atoms with van der Waals surface area (Å²) in [5, 5.41) is 20.8. The van der Waals surface area contributed by atoms with Crippen LogP contribution < -0.4 is 23.7 Å². The van der Waals surface area contributed by atoms with Crippen LogP contribution in [0.5, 0.6) is 28.7 Å². The predicted octanol–water partition coefficient (Wildman–Crippen LogP) is 3.41. The molecule has 31 heavy (non-hydrogen) atoms. The van der Waals surface area contributed by atoms with Gasteiger partial charge in [-0.2, -0.15) is 0 Å². The van der Waals surface area contributed by atoms with E-state index in [2.05, 4.69) is 0 Å². The van der Waals surface area contributed by atoms with E-state index in [9.17, 15) is 10.2 Å². The Kier molecular flexibility index (Phi) is 9.75. The molecule has 0 fully saturated rings. The summed E-state index contributed by atoms with van der Waals surface area (Å²) in [6, 6.07) is 9.47. The topological polar surface area (TPSA) is 86.6 Å². The summed E-state index contributed by atoms with van der Waals surface area (Å²) in [6.07, 6.45) is 1.49. The lowest BCUT2D eigenvalue weighted by Gasteiger charge is -2.17. The molecule has 0 amide bonds. The van der Waals surface area contributed by atoms with Gasteiger partial charge in [-0.3, -0.25) is 0 Å². The summed E-state index contributed by atoms with van der Waals surface area (Å²) in [5.74, 6) is 3.05. The Morgan fingerprint density at radius 3 is 1.58 bits per heavy atom. The molecular weight excluding hydrogens is 400 g/mol. The lowest BCUT2D eigenvalue weighted by Crippen LogP contribution is -2.19. The number of hydrogen-bond donors (Lipinski definition) is 2.